The second-order valence-electron chi connectivity index (χ2n) is 6.56. The number of hydrogen-bond acceptors (Lipinski definition) is 3. The van der Waals surface area contributed by atoms with Gasteiger partial charge in [-0.05, 0) is 29.2 Å². The second-order valence-corrected chi connectivity index (χ2v) is 6.56. The maximum Gasteiger partial charge on any atom is 0.242 e. The van der Waals surface area contributed by atoms with E-state index in [1.807, 2.05) is 4.90 Å². The molecule has 0 fully saturated rings. The Balaban J connectivity index is 1.49. The van der Waals surface area contributed by atoms with Crippen molar-refractivity contribution in [3.63, 3.8) is 0 Å². The lowest BCUT2D eigenvalue weighted by Crippen LogP contribution is -2.43. The molecule has 2 aliphatic heterocycles. The van der Waals surface area contributed by atoms with Crippen LogP contribution in [-0.4, -0.2) is 37.0 Å². The van der Waals surface area contributed by atoms with Crippen LogP contribution in [0.15, 0.2) is 48.5 Å². The van der Waals surface area contributed by atoms with Crippen molar-refractivity contribution in [2.75, 3.05) is 31.1 Å². The van der Waals surface area contributed by atoms with E-state index in [0.29, 0.717) is 6.54 Å². The molecule has 0 saturated heterocycles. The number of carbonyl (C=O) groups excluding carboxylic acids is 1. The molecule has 4 rings (SSSR count). The van der Waals surface area contributed by atoms with Gasteiger partial charge in [-0.3, -0.25) is 4.79 Å². The predicted molar refractivity (Wildman–Crippen MR) is 95.9 cm³/mol. The fourth-order valence-corrected chi connectivity index (χ4v) is 3.66. The largest absolute Gasteiger partial charge is 0.361 e. The van der Waals surface area contributed by atoms with E-state index in [1.54, 1.807) is 0 Å². The molecule has 24 heavy (non-hydrogen) atoms. The van der Waals surface area contributed by atoms with Crippen LogP contribution in [0.25, 0.3) is 0 Å². The number of carbonyl (C=O) groups is 1. The molecule has 0 aromatic heterocycles. The standard InChI is InChI=1S/C20H23N3O/c24-20(23-11-9-16-5-1-2-7-18(16)14-23)15-22-12-10-21-13-17-6-3-4-8-19(17)22/h1-8,21H,9-15H2. The molecule has 1 amide bonds. The second kappa shape index (κ2) is 6.65. The summed E-state index contributed by atoms with van der Waals surface area (Å²) in [6.07, 6.45) is 0.958. The Morgan fingerprint density at radius 2 is 1.71 bits per heavy atom. The normalized spacial score (nSPS) is 17.0. The molecule has 0 saturated carbocycles. The van der Waals surface area contributed by atoms with E-state index in [0.717, 1.165) is 39.1 Å². The number of rotatable bonds is 2. The summed E-state index contributed by atoms with van der Waals surface area (Å²) in [5.74, 6) is 0.223. The van der Waals surface area contributed by atoms with E-state index in [4.69, 9.17) is 0 Å². The minimum atomic E-state index is 0.223. The monoisotopic (exact) mass is 321 g/mol. The number of para-hydroxylation sites is 1. The number of hydrogen-bond donors (Lipinski definition) is 1. The van der Waals surface area contributed by atoms with Crippen molar-refractivity contribution in [3.05, 3.63) is 65.2 Å². The van der Waals surface area contributed by atoms with Gasteiger partial charge in [0.1, 0.15) is 0 Å². The average molecular weight is 321 g/mol. The zero-order valence-electron chi connectivity index (χ0n) is 13.9. The molecule has 2 aromatic carbocycles. The van der Waals surface area contributed by atoms with E-state index in [-0.39, 0.29) is 5.91 Å². The summed E-state index contributed by atoms with van der Waals surface area (Å²) in [5.41, 5.74) is 5.13. The topological polar surface area (TPSA) is 35.6 Å². The quantitative estimate of drug-likeness (QED) is 0.921. The summed E-state index contributed by atoms with van der Waals surface area (Å²) < 4.78 is 0. The average Bonchev–Trinajstić information content (AvgIpc) is 2.84. The first-order valence-electron chi connectivity index (χ1n) is 8.69. The fourth-order valence-electron chi connectivity index (χ4n) is 3.66. The van der Waals surface area contributed by atoms with Crippen molar-refractivity contribution in [2.24, 2.45) is 0 Å². The van der Waals surface area contributed by atoms with Crippen LogP contribution in [0, 0.1) is 0 Å². The summed E-state index contributed by atoms with van der Waals surface area (Å²) in [5, 5.41) is 3.43. The van der Waals surface area contributed by atoms with Crippen LogP contribution in [-0.2, 0) is 24.3 Å². The van der Waals surface area contributed by atoms with Crippen LogP contribution in [0.3, 0.4) is 0 Å². The third-order valence-electron chi connectivity index (χ3n) is 5.02. The van der Waals surface area contributed by atoms with Crippen LogP contribution in [0.2, 0.25) is 0 Å². The number of benzene rings is 2. The van der Waals surface area contributed by atoms with Crippen molar-refractivity contribution in [1.82, 2.24) is 10.2 Å². The number of anilines is 1. The van der Waals surface area contributed by atoms with Gasteiger partial charge in [-0.1, -0.05) is 42.5 Å². The smallest absolute Gasteiger partial charge is 0.242 e. The molecule has 0 atom stereocenters. The van der Waals surface area contributed by atoms with E-state index < -0.39 is 0 Å². The minimum Gasteiger partial charge on any atom is -0.361 e. The SMILES string of the molecule is O=C(CN1CCNCc2ccccc21)N1CCc2ccccc2C1. The van der Waals surface area contributed by atoms with Gasteiger partial charge in [0.25, 0.3) is 0 Å². The van der Waals surface area contributed by atoms with Crippen LogP contribution in [0.5, 0.6) is 0 Å². The van der Waals surface area contributed by atoms with Gasteiger partial charge in [-0.25, -0.2) is 0 Å². The van der Waals surface area contributed by atoms with Crippen molar-refractivity contribution < 1.29 is 4.79 Å². The highest BCUT2D eigenvalue weighted by molar-refractivity contribution is 5.82. The lowest BCUT2D eigenvalue weighted by molar-refractivity contribution is -0.130. The molecule has 0 radical (unpaired) electrons. The van der Waals surface area contributed by atoms with E-state index >= 15 is 0 Å². The minimum absolute atomic E-state index is 0.223. The number of nitrogens with one attached hydrogen (secondary N) is 1. The van der Waals surface area contributed by atoms with Gasteiger partial charge in [-0.2, -0.15) is 0 Å². The first-order valence-corrected chi connectivity index (χ1v) is 8.69. The fraction of sp³-hybridized carbons (Fsp3) is 0.350. The van der Waals surface area contributed by atoms with Gasteiger partial charge in [0.2, 0.25) is 5.91 Å². The Labute approximate surface area is 143 Å². The highest BCUT2D eigenvalue weighted by Gasteiger charge is 2.23. The molecular formula is C20H23N3O. The lowest BCUT2D eigenvalue weighted by Gasteiger charge is -2.32. The molecule has 2 heterocycles. The van der Waals surface area contributed by atoms with Crippen molar-refractivity contribution >= 4 is 11.6 Å². The van der Waals surface area contributed by atoms with E-state index in [9.17, 15) is 4.79 Å². The van der Waals surface area contributed by atoms with Gasteiger partial charge in [-0.15, -0.1) is 0 Å². The van der Waals surface area contributed by atoms with Crippen molar-refractivity contribution in [1.29, 1.82) is 0 Å². The lowest BCUT2D eigenvalue weighted by atomic mass is 10.00. The Morgan fingerprint density at radius 1 is 0.958 bits per heavy atom. The summed E-state index contributed by atoms with van der Waals surface area (Å²) in [7, 11) is 0. The van der Waals surface area contributed by atoms with Gasteiger partial charge in [0, 0.05) is 38.4 Å². The molecule has 0 bridgehead atoms. The first kappa shape index (κ1) is 15.2. The molecule has 0 spiro atoms. The first-order chi connectivity index (χ1) is 11.8. The van der Waals surface area contributed by atoms with Gasteiger partial charge in [0.15, 0.2) is 0 Å². The maximum absolute atomic E-state index is 12.9. The van der Waals surface area contributed by atoms with Gasteiger partial charge in [0.05, 0.1) is 6.54 Å². The molecule has 0 unspecified atom stereocenters. The third-order valence-corrected chi connectivity index (χ3v) is 5.02. The van der Waals surface area contributed by atoms with Crippen molar-refractivity contribution in [3.8, 4) is 0 Å². The van der Waals surface area contributed by atoms with Crippen LogP contribution in [0.4, 0.5) is 5.69 Å². The molecule has 4 nitrogen and oxygen atoms in total. The summed E-state index contributed by atoms with van der Waals surface area (Å²) in [4.78, 5) is 17.1. The molecule has 0 aliphatic carbocycles. The third kappa shape index (κ3) is 3.02. The number of amides is 1. The van der Waals surface area contributed by atoms with Crippen molar-refractivity contribution in [2.45, 2.75) is 19.5 Å². The van der Waals surface area contributed by atoms with Gasteiger partial charge >= 0.3 is 0 Å². The molecular weight excluding hydrogens is 298 g/mol. The maximum atomic E-state index is 12.9. The highest BCUT2D eigenvalue weighted by atomic mass is 16.2. The van der Waals surface area contributed by atoms with Crippen LogP contribution in [0.1, 0.15) is 16.7 Å². The molecule has 4 heteroatoms. The molecule has 2 aromatic rings. The Bertz CT molecular complexity index is 743. The molecule has 1 N–H and O–H groups in total. The van der Waals surface area contributed by atoms with Gasteiger partial charge < -0.3 is 15.1 Å². The zero-order chi connectivity index (χ0) is 16.4. The Morgan fingerprint density at radius 3 is 2.58 bits per heavy atom. The van der Waals surface area contributed by atoms with Crippen LogP contribution < -0.4 is 10.2 Å². The summed E-state index contributed by atoms with van der Waals surface area (Å²) >= 11 is 0. The van der Waals surface area contributed by atoms with E-state index in [2.05, 4.69) is 58.7 Å². The number of fused-ring (bicyclic) bond motifs is 2. The highest BCUT2D eigenvalue weighted by Crippen LogP contribution is 2.23. The summed E-state index contributed by atoms with van der Waals surface area (Å²) in [6, 6.07) is 16.8. The van der Waals surface area contributed by atoms with E-state index in [1.165, 1.54) is 22.4 Å². The number of nitrogens with zero attached hydrogens (tertiary/aromatic N) is 2. The molecule has 2 aliphatic rings. The molecule has 124 valence electrons. The Kier molecular flexibility index (Phi) is 4.22. The van der Waals surface area contributed by atoms with Crippen LogP contribution >= 0.6 is 0 Å². The predicted octanol–water partition coefficient (Wildman–Crippen LogP) is 2.18. The zero-order valence-corrected chi connectivity index (χ0v) is 13.9. The Hall–Kier alpha value is -2.33. The summed E-state index contributed by atoms with van der Waals surface area (Å²) in [6.45, 7) is 4.67.